The normalized spacial score (nSPS) is 57.2. The van der Waals surface area contributed by atoms with Crippen LogP contribution in [0.2, 0.25) is 0 Å². The van der Waals surface area contributed by atoms with Crippen molar-refractivity contribution in [2.24, 2.45) is 34.5 Å². The molecule has 0 aromatic heterocycles. The Balaban J connectivity index is 1.57. The first-order chi connectivity index (χ1) is 8.52. The van der Waals surface area contributed by atoms with Gasteiger partial charge in [0, 0.05) is 6.04 Å². The molecule has 4 saturated carbocycles. The van der Waals surface area contributed by atoms with E-state index in [1.807, 2.05) is 0 Å². The first kappa shape index (κ1) is 11.8. The Morgan fingerprint density at radius 3 is 2.50 bits per heavy atom. The van der Waals surface area contributed by atoms with Crippen LogP contribution in [-0.4, -0.2) is 12.6 Å². The van der Waals surface area contributed by atoms with Gasteiger partial charge in [0.1, 0.15) is 0 Å². The smallest absolute Gasteiger partial charge is 0.00961 e. The van der Waals surface area contributed by atoms with Gasteiger partial charge >= 0.3 is 0 Å². The predicted molar refractivity (Wildman–Crippen MR) is 75.3 cm³/mol. The van der Waals surface area contributed by atoms with Crippen LogP contribution in [0, 0.1) is 34.5 Å². The van der Waals surface area contributed by atoms with Crippen LogP contribution in [0.5, 0.6) is 0 Å². The third-order valence-electron chi connectivity index (χ3n) is 7.72. The average molecular weight is 247 g/mol. The van der Waals surface area contributed by atoms with Gasteiger partial charge in [0.2, 0.25) is 0 Å². The summed E-state index contributed by atoms with van der Waals surface area (Å²) < 4.78 is 0. The molecule has 1 nitrogen and oxygen atoms in total. The van der Waals surface area contributed by atoms with E-state index >= 15 is 0 Å². The molecule has 6 atom stereocenters. The number of nitrogens with one attached hydrogen (secondary N) is 1. The van der Waals surface area contributed by atoms with Crippen molar-refractivity contribution in [3.63, 3.8) is 0 Å². The van der Waals surface area contributed by atoms with Crippen molar-refractivity contribution in [1.82, 2.24) is 5.32 Å². The van der Waals surface area contributed by atoms with Crippen molar-refractivity contribution in [3.05, 3.63) is 0 Å². The van der Waals surface area contributed by atoms with Crippen molar-refractivity contribution in [2.45, 2.75) is 65.3 Å². The number of rotatable bonds is 1. The molecule has 0 amide bonds. The SMILES string of the molecule is CC1(C)[C@H]2CC3CC(C4CCCN4)C[C@@]3(C)[C@@H]1C2. The average Bonchev–Trinajstić information content (AvgIpc) is 2.92. The molecule has 102 valence electrons. The maximum Gasteiger partial charge on any atom is 0.00961 e. The molecule has 5 rings (SSSR count). The molecule has 5 aliphatic rings. The molecular weight excluding hydrogens is 218 g/mol. The van der Waals surface area contributed by atoms with Crippen molar-refractivity contribution >= 4 is 0 Å². The molecule has 5 fully saturated rings. The molecule has 0 aromatic rings. The van der Waals surface area contributed by atoms with Crippen molar-refractivity contribution in [1.29, 1.82) is 0 Å². The van der Waals surface area contributed by atoms with Crippen molar-refractivity contribution in [3.8, 4) is 0 Å². The fraction of sp³-hybridized carbons (Fsp3) is 1.00. The minimum atomic E-state index is 0.656. The number of hydrogen-bond donors (Lipinski definition) is 1. The van der Waals surface area contributed by atoms with E-state index in [2.05, 4.69) is 26.1 Å². The molecule has 1 heterocycles. The summed E-state index contributed by atoms with van der Waals surface area (Å²) in [4.78, 5) is 0. The maximum absolute atomic E-state index is 3.77. The fourth-order valence-corrected chi connectivity index (χ4v) is 6.54. The zero-order valence-corrected chi connectivity index (χ0v) is 12.3. The quantitative estimate of drug-likeness (QED) is 0.742. The van der Waals surface area contributed by atoms with E-state index in [1.54, 1.807) is 12.8 Å². The van der Waals surface area contributed by atoms with Gasteiger partial charge in [0.15, 0.2) is 0 Å². The zero-order valence-electron chi connectivity index (χ0n) is 12.3. The minimum absolute atomic E-state index is 0.656. The van der Waals surface area contributed by atoms with Crippen molar-refractivity contribution in [2.75, 3.05) is 6.54 Å². The van der Waals surface area contributed by atoms with Gasteiger partial charge in [-0.05, 0) is 79.6 Å². The summed E-state index contributed by atoms with van der Waals surface area (Å²) in [6.07, 6.45) is 9.02. The molecular formula is C17H29N. The van der Waals surface area contributed by atoms with Gasteiger partial charge in [0.25, 0.3) is 0 Å². The molecule has 0 aromatic carbocycles. The lowest BCUT2D eigenvalue weighted by atomic mass is 9.39. The highest BCUT2D eigenvalue weighted by molar-refractivity contribution is 5.14. The zero-order chi connectivity index (χ0) is 12.5. The summed E-state index contributed by atoms with van der Waals surface area (Å²) in [6, 6.07) is 0.868. The molecule has 18 heavy (non-hydrogen) atoms. The Bertz CT molecular complexity index is 355. The summed E-state index contributed by atoms with van der Waals surface area (Å²) >= 11 is 0. The Morgan fingerprint density at radius 2 is 1.83 bits per heavy atom. The van der Waals surface area contributed by atoms with E-state index < -0.39 is 0 Å². The molecule has 1 N–H and O–H groups in total. The van der Waals surface area contributed by atoms with E-state index in [4.69, 9.17) is 0 Å². The molecule has 1 heteroatoms. The van der Waals surface area contributed by atoms with Gasteiger partial charge in [-0.2, -0.15) is 0 Å². The lowest BCUT2D eigenvalue weighted by Crippen LogP contribution is -2.59. The summed E-state index contributed by atoms with van der Waals surface area (Å²) in [5.74, 6) is 4.13. The lowest BCUT2D eigenvalue weighted by Gasteiger charge is -2.66. The molecule has 0 radical (unpaired) electrons. The van der Waals surface area contributed by atoms with Gasteiger partial charge in [-0.25, -0.2) is 0 Å². The van der Waals surface area contributed by atoms with Crippen LogP contribution in [0.25, 0.3) is 0 Å². The van der Waals surface area contributed by atoms with Crippen LogP contribution in [0.3, 0.4) is 0 Å². The molecule has 1 saturated heterocycles. The third kappa shape index (κ3) is 1.32. The largest absolute Gasteiger partial charge is 0.314 e. The fourth-order valence-electron chi connectivity index (χ4n) is 6.54. The highest BCUT2D eigenvalue weighted by atomic mass is 14.9. The second kappa shape index (κ2) is 3.53. The first-order valence-electron chi connectivity index (χ1n) is 8.25. The molecule has 2 bridgehead atoms. The van der Waals surface area contributed by atoms with Crippen LogP contribution in [-0.2, 0) is 0 Å². The van der Waals surface area contributed by atoms with Gasteiger partial charge in [-0.1, -0.05) is 20.8 Å². The van der Waals surface area contributed by atoms with Crippen molar-refractivity contribution < 1.29 is 0 Å². The standard InChI is InChI=1S/C17H29N/c1-16(2)12-8-13-7-11(14-5-4-6-18-14)10-17(13,3)15(16)9-12/h11-15,18H,4-10H2,1-3H3/t11?,12-,13?,14?,15+,17+/m0/s1. The van der Waals surface area contributed by atoms with Crippen LogP contribution in [0.15, 0.2) is 0 Å². The lowest BCUT2D eigenvalue weighted by molar-refractivity contribution is -0.172. The summed E-state index contributed by atoms with van der Waals surface area (Å²) in [5.41, 5.74) is 1.34. The summed E-state index contributed by atoms with van der Waals surface area (Å²) in [7, 11) is 0. The van der Waals surface area contributed by atoms with Crippen LogP contribution in [0.1, 0.15) is 59.3 Å². The van der Waals surface area contributed by atoms with Gasteiger partial charge in [-0.3, -0.25) is 0 Å². The van der Waals surface area contributed by atoms with E-state index in [0.29, 0.717) is 10.8 Å². The van der Waals surface area contributed by atoms with E-state index in [-0.39, 0.29) is 0 Å². The second-order valence-corrected chi connectivity index (χ2v) is 8.65. The number of hydrogen-bond acceptors (Lipinski definition) is 1. The Labute approximate surface area is 112 Å². The Kier molecular flexibility index (Phi) is 2.31. The van der Waals surface area contributed by atoms with Crippen LogP contribution < -0.4 is 5.32 Å². The summed E-state index contributed by atoms with van der Waals surface area (Å²) in [5, 5.41) is 3.77. The monoisotopic (exact) mass is 247 g/mol. The molecule has 1 aliphatic heterocycles. The van der Waals surface area contributed by atoms with Gasteiger partial charge in [0.05, 0.1) is 0 Å². The topological polar surface area (TPSA) is 12.0 Å². The Morgan fingerprint density at radius 1 is 1.00 bits per heavy atom. The molecule has 0 spiro atoms. The third-order valence-corrected chi connectivity index (χ3v) is 7.72. The highest BCUT2D eigenvalue weighted by Crippen LogP contribution is 2.72. The Hall–Kier alpha value is -0.0400. The molecule has 4 aliphatic carbocycles. The van der Waals surface area contributed by atoms with E-state index in [1.165, 1.54) is 32.2 Å². The van der Waals surface area contributed by atoms with Gasteiger partial charge in [-0.15, -0.1) is 0 Å². The van der Waals surface area contributed by atoms with E-state index in [0.717, 1.165) is 29.7 Å². The molecule has 3 unspecified atom stereocenters. The van der Waals surface area contributed by atoms with E-state index in [9.17, 15) is 0 Å². The summed E-state index contributed by atoms with van der Waals surface area (Å²) in [6.45, 7) is 9.03. The minimum Gasteiger partial charge on any atom is -0.314 e. The van der Waals surface area contributed by atoms with Gasteiger partial charge < -0.3 is 5.32 Å². The second-order valence-electron chi connectivity index (χ2n) is 8.65. The highest BCUT2D eigenvalue weighted by Gasteiger charge is 2.65. The van der Waals surface area contributed by atoms with Crippen LogP contribution >= 0.6 is 0 Å². The van der Waals surface area contributed by atoms with Crippen LogP contribution in [0.4, 0.5) is 0 Å². The maximum atomic E-state index is 3.77. The predicted octanol–water partition coefficient (Wildman–Crippen LogP) is 3.84. The first-order valence-corrected chi connectivity index (χ1v) is 8.25.